The molecule has 134 valence electrons. The third kappa shape index (κ3) is 5.60. The molecule has 1 amide bonds. The molecule has 0 aliphatic carbocycles. The highest BCUT2D eigenvalue weighted by molar-refractivity contribution is 7.86. The van der Waals surface area contributed by atoms with Crippen LogP contribution < -0.4 is 4.18 Å². The van der Waals surface area contributed by atoms with E-state index in [1.165, 1.54) is 0 Å². The Morgan fingerprint density at radius 3 is 2.20 bits per heavy atom. The third-order valence-corrected chi connectivity index (χ3v) is 4.42. The van der Waals surface area contributed by atoms with Crippen LogP contribution >= 0.6 is 0 Å². The van der Waals surface area contributed by atoms with E-state index in [2.05, 4.69) is 0 Å². The average Bonchev–Trinajstić information content (AvgIpc) is 2.59. The van der Waals surface area contributed by atoms with Gasteiger partial charge in [0.25, 0.3) is 5.91 Å². The lowest BCUT2D eigenvalue weighted by molar-refractivity contribution is 0.0671. The third-order valence-electron chi connectivity index (χ3n) is 3.93. The Bertz CT molecular complexity index is 801. The first-order valence-electron chi connectivity index (χ1n) is 8.14. The van der Waals surface area contributed by atoms with E-state index >= 15 is 0 Å². The lowest BCUT2D eigenvalue weighted by atomic mass is 10.1. The van der Waals surface area contributed by atoms with Crippen molar-refractivity contribution in [1.82, 2.24) is 4.90 Å². The summed E-state index contributed by atoms with van der Waals surface area (Å²) in [6, 6.07) is 16.0. The normalized spacial score (nSPS) is 12.4. The molecule has 0 aliphatic rings. The molecular formula is C19H23NO4S. The predicted octanol–water partition coefficient (Wildman–Crippen LogP) is 3.47. The van der Waals surface area contributed by atoms with Gasteiger partial charge in [0, 0.05) is 18.2 Å². The number of carbonyl (C=O) groups excluding carboxylic acids is 1. The van der Waals surface area contributed by atoms with Crippen LogP contribution in [0.2, 0.25) is 0 Å². The molecule has 2 aromatic rings. The molecule has 0 fully saturated rings. The molecule has 6 heteroatoms. The maximum atomic E-state index is 12.8. The second-order valence-corrected chi connectivity index (χ2v) is 7.56. The SMILES string of the molecule is CCC(C)N(Cc1ccc(OS(C)(=O)=O)cc1)C(=O)c1ccccc1. The summed E-state index contributed by atoms with van der Waals surface area (Å²) in [6.45, 7) is 4.50. The first-order valence-corrected chi connectivity index (χ1v) is 9.96. The molecule has 1 atom stereocenters. The molecule has 0 saturated heterocycles. The molecule has 0 saturated carbocycles. The fourth-order valence-corrected chi connectivity index (χ4v) is 2.88. The van der Waals surface area contributed by atoms with Crippen molar-refractivity contribution in [3.8, 4) is 5.75 Å². The van der Waals surface area contributed by atoms with Crippen LogP contribution in [0.25, 0.3) is 0 Å². The van der Waals surface area contributed by atoms with Gasteiger partial charge in [-0.25, -0.2) is 0 Å². The van der Waals surface area contributed by atoms with Crippen LogP contribution in [0.5, 0.6) is 5.75 Å². The van der Waals surface area contributed by atoms with Crippen LogP contribution in [0, 0.1) is 0 Å². The first-order chi connectivity index (χ1) is 11.8. The van der Waals surface area contributed by atoms with Gasteiger partial charge in [0.1, 0.15) is 5.75 Å². The summed E-state index contributed by atoms with van der Waals surface area (Å²) < 4.78 is 27.2. The number of benzene rings is 2. The van der Waals surface area contributed by atoms with Gasteiger partial charge in [-0.15, -0.1) is 0 Å². The summed E-state index contributed by atoms with van der Waals surface area (Å²) in [5, 5.41) is 0. The molecule has 0 radical (unpaired) electrons. The second kappa shape index (κ2) is 8.16. The van der Waals surface area contributed by atoms with Crippen LogP contribution in [0.1, 0.15) is 36.2 Å². The maximum absolute atomic E-state index is 12.8. The minimum atomic E-state index is -3.54. The number of nitrogens with zero attached hydrogens (tertiary/aromatic N) is 1. The van der Waals surface area contributed by atoms with Gasteiger partial charge in [0.2, 0.25) is 0 Å². The Morgan fingerprint density at radius 2 is 1.68 bits per heavy atom. The monoisotopic (exact) mass is 361 g/mol. The second-order valence-electron chi connectivity index (χ2n) is 5.99. The molecule has 0 aliphatic heterocycles. The molecule has 1 unspecified atom stereocenters. The van der Waals surface area contributed by atoms with Crippen molar-refractivity contribution < 1.29 is 17.4 Å². The van der Waals surface area contributed by atoms with Gasteiger partial charge in [-0.1, -0.05) is 37.3 Å². The van der Waals surface area contributed by atoms with Crippen molar-refractivity contribution in [1.29, 1.82) is 0 Å². The van der Waals surface area contributed by atoms with Crippen LogP contribution in [0.15, 0.2) is 54.6 Å². The van der Waals surface area contributed by atoms with Gasteiger partial charge in [0.05, 0.1) is 6.26 Å². The molecule has 2 aromatic carbocycles. The number of hydrogen-bond donors (Lipinski definition) is 0. The lowest BCUT2D eigenvalue weighted by Crippen LogP contribution is -2.37. The molecule has 0 heterocycles. The minimum Gasteiger partial charge on any atom is -0.383 e. The van der Waals surface area contributed by atoms with Crippen molar-refractivity contribution in [3.63, 3.8) is 0 Å². The fourth-order valence-electron chi connectivity index (χ4n) is 2.42. The van der Waals surface area contributed by atoms with Crippen LogP contribution in [0.4, 0.5) is 0 Å². The Hall–Kier alpha value is -2.34. The Labute approximate surface area is 149 Å². The van der Waals surface area contributed by atoms with Crippen LogP contribution in [0.3, 0.4) is 0 Å². The standard InChI is InChI=1S/C19H23NO4S/c1-4-15(2)20(19(21)17-8-6-5-7-9-17)14-16-10-12-18(13-11-16)24-25(3,22)23/h5-13,15H,4,14H2,1-3H3. The largest absolute Gasteiger partial charge is 0.383 e. The van der Waals surface area contributed by atoms with Crippen LogP contribution in [-0.4, -0.2) is 31.5 Å². The van der Waals surface area contributed by atoms with Gasteiger partial charge in [0.15, 0.2) is 0 Å². The highest BCUT2D eigenvalue weighted by Crippen LogP contribution is 2.18. The number of amides is 1. The molecule has 0 spiro atoms. The predicted molar refractivity (Wildman–Crippen MR) is 98.0 cm³/mol. The van der Waals surface area contributed by atoms with Crippen LogP contribution in [-0.2, 0) is 16.7 Å². The maximum Gasteiger partial charge on any atom is 0.306 e. The molecule has 5 nitrogen and oxygen atoms in total. The highest BCUT2D eigenvalue weighted by atomic mass is 32.2. The average molecular weight is 361 g/mol. The van der Waals surface area contributed by atoms with Gasteiger partial charge in [-0.2, -0.15) is 8.42 Å². The van der Waals surface area contributed by atoms with Crippen molar-refractivity contribution in [2.75, 3.05) is 6.26 Å². The molecule has 0 bridgehead atoms. The zero-order valence-electron chi connectivity index (χ0n) is 14.7. The summed E-state index contributed by atoms with van der Waals surface area (Å²) in [7, 11) is -3.54. The Kier molecular flexibility index (Phi) is 6.20. The molecule has 25 heavy (non-hydrogen) atoms. The van der Waals surface area contributed by atoms with E-state index in [1.807, 2.05) is 36.9 Å². The van der Waals surface area contributed by atoms with E-state index in [9.17, 15) is 13.2 Å². The minimum absolute atomic E-state index is 0.0218. The molecule has 0 N–H and O–H groups in total. The quantitative estimate of drug-likeness (QED) is 0.709. The van der Waals surface area contributed by atoms with E-state index < -0.39 is 10.1 Å². The summed E-state index contributed by atoms with van der Waals surface area (Å²) >= 11 is 0. The highest BCUT2D eigenvalue weighted by Gasteiger charge is 2.20. The van der Waals surface area contributed by atoms with Crippen molar-refractivity contribution in [3.05, 3.63) is 65.7 Å². The van der Waals surface area contributed by atoms with Crippen molar-refractivity contribution in [2.24, 2.45) is 0 Å². The topological polar surface area (TPSA) is 63.7 Å². The van der Waals surface area contributed by atoms with E-state index in [0.717, 1.165) is 18.2 Å². The molecular weight excluding hydrogens is 338 g/mol. The lowest BCUT2D eigenvalue weighted by Gasteiger charge is -2.29. The van der Waals surface area contributed by atoms with Gasteiger partial charge in [-0.3, -0.25) is 4.79 Å². The van der Waals surface area contributed by atoms with Crippen molar-refractivity contribution in [2.45, 2.75) is 32.9 Å². The van der Waals surface area contributed by atoms with Gasteiger partial charge < -0.3 is 9.08 Å². The summed E-state index contributed by atoms with van der Waals surface area (Å²) in [5.41, 5.74) is 1.56. The zero-order valence-corrected chi connectivity index (χ0v) is 15.5. The summed E-state index contributed by atoms with van der Waals surface area (Å²) in [5.74, 6) is 0.238. The number of hydrogen-bond acceptors (Lipinski definition) is 4. The Morgan fingerprint density at radius 1 is 1.08 bits per heavy atom. The van der Waals surface area contributed by atoms with E-state index in [-0.39, 0.29) is 17.7 Å². The van der Waals surface area contributed by atoms with E-state index in [0.29, 0.717) is 12.1 Å². The summed E-state index contributed by atoms with van der Waals surface area (Å²) in [4.78, 5) is 14.6. The van der Waals surface area contributed by atoms with Gasteiger partial charge >= 0.3 is 10.1 Å². The first kappa shape index (κ1) is 19.0. The van der Waals surface area contributed by atoms with Gasteiger partial charge in [-0.05, 0) is 43.2 Å². The smallest absolute Gasteiger partial charge is 0.306 e. The molecule has 2 rings (SSSR count). The summed E-state index contributed by atoms with van der Waals surface area (Å²) in [6.07, 6.45) is 1.85. The molecule has 0 aromatic heterocycles. The van der Waals surface area contributed by atoms with Crippen molar-refractivity contribution >= 4 is 16.0 Å². The Balaban J connectivity index is 2.18. The number of carbonyl (C=O) groups is 1. The number of rotatable bonds is 7. The fraction of sp³-hybridized carbons (Fsp3) is 0.316. The zero-order chi connectivity index (χ0) is 18.4. The van der Waals surface area contributed by atoms with E-state index in [1.54, 1.807) is 36.4 Å². The van der Waals surface area contributed by atoms with E-state index in [4.69, 9.17) is 4.18 Å².